The number of pyridine rings is 1. The highest BCUT2D eigenvalue weighted by Crippen LogP contribution is 2.32. The first-order chi connectivity index (χ1) is 12.7. The molecule has 0 saturated carbocycles. The maximum absolute atomic E-state index is 12.1. The van der Waals surface area contributed by atoms with Gasteiger partial charge in [0.2, 0.25) is 5.91 Å². The summed E-state index contributed by atoms with van der Waals surface area (Å²) in [6, 6.07) is 10.3. The highest BCUT2D eigenvalue weighted by atomic mass is 16.5. The molecule has 1 aromatic heterocycles. The predicted molar refractivity (Wildman–Crippen MR) is 102 cm³/mol. The van der Waals surface area contributed by atoms with Crippen LogP contribution in [-0.2, 0) is 11.3 Å². The molecule has 0 radical (unpaired) electrons. The second-order valence-corrected chi connectivity index (χ2v) is 6.82. The summed E-state index contributed by atoms with van der Waals surface area (Å²) in [6.07, 6.45) is 4.12. The second-order valence-electron chi connectivity index (χ2n) is 6.82. The Kier molecular flexibility index (Phi) is 4.75. The number of anilines is 2. The Morgan fingerprint density at radius 3 is 2.62 bits per heavy atom. The number of fused-ring (bicyclic) bond motifs is 1. The van der Waals surface area contributed by atoms with Gasteiger partial charge < -0.3 is 14.5 Å². The van der Waals surface area contributed by atoms with Gasteiger partial charge in [-0.1, -0.05) is 6.07 Å². The third kappa shape index (κ3) is 3.51. The topological polar surface area (TPSA) is 48.9 Å². The molecule has 1 amide bonds. The number of carbonyl (C=O) groups is 1. The van der Waals surface area contributed by atoms with Crippen molar-refractivity contribution < 1.29 is 9.53 Å². The molecule has 26 heavy (non-hydrogen) atoms. The Labute approximate surface area is 154 Å². The van der Waals surface area contributed by atoms with Crippen molar-refractivity contribution in [3.8, 4) is 5.75 Å². The minimum Gasteiger partial charge on any atom is -0.491 e. The van der Waals surface area contributed by atoms with Crippen LogP contribution in [0.25, 0.3) is 0 Å². The number of aromatic nitrogens is 1. The van der Waals surface area contributed by atoms with E-state index in [4.69, 9.17) is 4.74 Å². The first kappa shape index (κ1) is 16.8. The standard InChI is InChI=1S/C20H24N4O2/c1-22-18-14-16(2-3-19(18)26-13-6-20(22)25)15-23-9-11-24(12-10-23)17-4-7-21-8-5-17/h2-5,7-8,14H,6,9-13,15H2,1H3. The summed E-state index contributed by atoms with van der Waals surface area (Å²) in [4.78, 5) is 22.7. The van der Waals surface area contributed by atoms with Crippen LogP contribution in [0.4, 0.5) is 11.4 Å². The van der Waals surface area contributed by atoms with Gasteiger partial charge in [-0.05, 0) is 29.8 Å². The molecule has 0 unspecified atom stereocenters. The molecule has 2 aliphatic rings. The lowest BCUT2D eigenvalue weighted by Crippen LogP contribution is -2.45. The largest absolute Gasteiger partial charge is 0.491 e. The third-order valence-electron chi connectivity index (χ3n) is 5.14. The summed E-state index contributed by atoms with van der Waals surface area (Å²) >= 11 is 0. The molecule has 1 saturated heterocycles. The molecule has 0 N–H and O–H groups in total. The van der Waals surface area contributed by atoms with Crippen LogP contribution in [0.5, 0.6) is 5.75 Å². The van der Waals surface area contributed by atoms with E-state index in [1.165, 1.54) is 11.3 Å². The molecule has 0 bridgehead atoms. The number of rotatable bonds is 3. The predicted octanol–water partition coefficient (Wildman–Crippen LogP) is 2.15. The monoisotopic (exact) mass is 352 g/mol. The molecule has 6 nitrogen and oxygen atoms in total. The maximum Gasteiger partial charge on any atom is 0.230 e. The van der Waals surface area contributed by atoms with Gasteiger partial charge >= 0.3 is 0 Å². The van der Waals surface area contributed by atoms with E-state index < -0.39 is 0 Å². The van der Waals surface area contributed by atoms with Crippen LogP contribution < -0.4 is 14.5 Å². The molecule has 0 spiro atoms. The van der Waals surface area contributed by atoms with Crippen molar-refractivity contribution in [3.05, 3.63) is 48.3 Å². The summed E-state index contributed by atoms with van der Waals surface area (Å²) in [5.41, 5.74) is 3.33. The highest BCUT2D eigenvalue weighted by Gasteiger charge is 2.22. The van der Waals surface area contributed by atoms with E-state index in [9.17, 15) is 4.79 Å². The minimum atomic E-state index is 0.104. The summed E-state index contributed by atoms with van der Waals surface area (Å²) in [5.74, 6) is 0.900. The SMILES string of the molecule is CN1C(=O)CCOc2ccc(CN3CCN(c4ccncc4)CC3)cc21. The van der Waals surface area contributed by atoms with E-state index >= 15 is 0 Å². The van der Waals surface area contributed by atoms with Gasteiger partial charge in [-0.3, -0.25) is 14.7 Å². The summed E-state index contributed by atoms with van der Waals surface area (Å²) < 4.78 is 5.71. The van der Waals surface area contributed by atoms with E-state index in [2.05, 4.69) is 39.0 Å². The molecule has 3 heterocycles. The molecule has 4 rings (SSSR count). The van der Waals surface area contributed by atoms with Gasteiger partial charge in [0.1, 0.15) is 5.75 Å². The molecular weight excluding hydrogens is 328 g/mol. The Bertz CT molecular complexity index is 773. The van der Waals surface area contributed by atoms with Crippen molar-refractivity contribution >= 4 is 17.3 Å². The van der Waals surface area contributed by atoms with Crippen molar-refractivity contribution in [2.75, 3.05) is 49.6 Å². The lowest BCUT2D eigenvalue weighted by Gasteiger charge is -2.36. The van der Waals surface area contributed by atoms with Crippen LogP contribution >= 0.6 is 0 Å². The number of amides is 1. The van der Waals surface area contributed by atoms with E-state index in [0.29, 0.717) is 13.0 Å². The van der Waals surface area contributed by atoms with Crippen LogP contribution in [-0.4, -0.2) is 55.6 Å². The van der Waals surface area contributed by atoms with Gasteiger partial charge in [-0.25, -0.2) is 0 Å². The van der Waals surface area contributed by atoms with Crippen LogP contribution in [0.1, 0.15) is 12.0 Å². The average molecular weight is 352 g/mol. The second kappa shape index (κ2) is 7.33. The van der Waals surface area contributed by atoms with Gasteiger partial charge in [0.05, 0.1) is 18.7 Å². The fraction of sp³-hybridized carbons (Fsp3) is 0.400. The Hall–Kier alpha value is -2.60. The zero-order chi connectivity index (χ0) is 17.9. The number of benzene rings is 1. The Morgan fingerprint density at radius 2 is 1.85 bits per heavy atom. The van der Waals surface area contributed by atoms with Crippen LogP contribution in [0.3, 0.4) is 0 Å². The third-order valence-corrected chi connectivity index (χ3v) is 5.14. The first-order valence-electron chi connectivity index (χ1n) is 9.10. The van der Waals surface area contributed by atoms with Gasteiger partial charge in [0.25, 0.3) is 0 Å². The minimum absolute atomic E-state index is 0.104. The molecule has 6 heteroatoms. The molecule has 1 fully saturated rings. The van der Waals surface area contributed by atoms with E-state index in [1.54, 1.807) is 4.90 Å². The summed E-state index contributed by atoms with van der Waals surface area (Å²) in [7, 11) is 1.83. The van der Waals surface area contributed by atoms with Crippen molar-refractivity contribution in [2.45, 2.75) is 13.0 Å². The Balaban J connectivity index is 1.41. The average Bonchev–Trinajstić information content (AvgIpc) is 2.82. The van der Waals surface area contributed by atoms with Crippen LogP contribution in [0.2, 0.25) is 0 Å². The quantitative estimate of drug-likeness (QED) is 0.847. The summed E-state index contributed by atoms with van der Waals surface area (Å²) in [5, 5.41) is 0. The molecule has 2 aromatic rings. The lowest BCUT2D eigenvalue weighted by molar-refractivity contribution is -0.118. The van der Waals surface area contributed by atoms with Crippen molar-refractivity contribution in [3.63, 3.8) is 0 Å². The number of hydrogen-bond donors (Lipinski definition) is 0. The fourth-order valence-corrected chi connectivity index (χ4v) is 3.57. The normalized spacial score (nSPS) is 18.3. The van der Waals surface area contributed by atoms with Gasteiger partial charge in [-0.15, -0.1) is 0 Å². The van der Waals surface area contributed by atoms with E-state index in [1.807, 2.05) is 25.5 Å². The summed E-state index contributed by atoms with van der Waals surface area (Å²) in [6.45, 7) is 5.40. The van der Waals surface area contributed by atoms with Gasteiger partial charge in [0.15, 0.2) is 0 Å². The number of nitrogens with zero attached hydrogens (tertiary/aromatic N) is 4. The zero-order valence-corrected chi connectivity index (χ0v) is 15.1. The van der Waals surface area contributed by atoms with Crippen LogP contribution in [0.15, 0.2) is 42.7 Å². The number of ether oxygens (including phenoxy) is 1. The fourth-order valence-electron chi connectivity index (χ4n) is 3.57. The first-order valence-corrected chi connectivity index (χ1v) is 9.10. The molecule has 136 valence electrons. The molecule has 2 aliphatic heterocycles. The van der Waals surface area contributed by atoms with Crippen molar-refractivity contribution in [2.24, 2.45) is 0 Å². The molecule has 0 aliphatic carbocycles. The number of hydrogen-bond acceptors (Lipinski definition) is 5. The maximum atomic E-state index is 12.1. The smallest absolute Gasteiger partial charge is 0.230 e. The molecule has 0 atom stereocenters. The van der Waals surface area contributed by atoms with E-state index in [-0.39, 0.29) is 5.91 Å². The molecule has 1 aromatic carbocycles. The van der Waals surface area contributed by atoms with Gasteiger partial charge in [-0.2, -0.15) is 0 Å². The van der Waals surface area contributed by atoms with Gasteiger partial charge in [0, 0.05) is 57.9 Å². The number of carbonyl (C=O) groups excluding carboxylic acids is 1. The Morgan fingerprint density at radius 1 is 1.08 bits per heavy atom. The molecular formula is C20H24N4O2. The number of piperazine rings is 1. The van der Waals surface area contributed by atoms with Crippen LogP contribution in [0, 0.1) is 0 Å². The van der Waals surface area contributed by atoms with Crippen molar-refractivity contribution in [1.29, 1.82) is 0 Å². The van der Waals surface area contributed by atoms with Crippen molar-refractivity contribution in [1.82, 2.24) is 9.88 Å². The highest BCUT2D eigenvalue weighted by molar-refractivity contribution is 5.95. The lowest BCUT2D eigenvalue weighted by atomic mass is 10.1. The van der Waals surface area contributed by atoms with E-state index in [0.717, 1.165) is 44.2 Å². The zero-order valence-electron chi connectivity index (χ0n) is 15.1.